The summed E-state index contributed by atoms with van der Waals surface area (Å²) in [5.41, 5.74) is 0. The Morgan fingerprint density at radius 1 is 1.14 bits per heavy atom. The minimum Gasteiger partial charge on any atom is -0.319 e. The molecule has 1 saturated carbocycles. The Morgan fingerprint density at radius 3 is 2.64 bits per heavy atom. The lowest BCUT2D eigenvalue weighted by Crippen LogP contribution is -2.30. The number of rotatable bonds is 3. The first kappa shape index (κ1) is 10.4. The monoisotopic (exact) mass is 196 g/mol. The maximum atomic E-state index is 3.56. The van der Waals surface area contributed by atoms with Gasteiger partial charge in [0.1, 0.15) is 0 Å². The molecular weight excluding hydrogens is 172 g/mol. The average molecular weight is 196 g/mol. The summed E-state index contributed by atoms with van der Waals surface area (Å²) in [6.45, 7) is 3.72. The van der Waals surface area contributed by atoms with Gasteiger partial charge in [0.15, 0.2) is 0 Å². The molecule has 2 N–H and O–H groups in total. The molecule has 2 unspecified atom stereocenters. The second-order valence-electron chi connectivity index (χ2n) is 5.04. The van der Waals surface area contributed by atoms with E-state index in [4.69, 9.17) is 0 Å². The van der Waals surface area contributed by atoms with Crippen LogP contribution in [0.25, 0.3) is 0 Å². The summed E-state index contributed by atoms with van der Waals surface area (Å²) in [4.78, 5) is 0. The number of hydrogen-bond acceptors (Lipinski definition) is 2. The summed E-state index contributed by atoms with van der Waals surface area (Å²) in [7, 11) is 2.08. The Labute approximate surface area is 87.8 Å². The highest BCUT2D eigenvalue weighted by Crippen LogP contribution is 2.35. The molecule has 0 radical (unpaired) electrons. The van der Waals surface area contributed by atoms with Crippen molar-refractivity contribution in [2.24, 2.45) is 17.8 Å². The fraction of sp³-hybridized carbons (Fsp3) is 1.00. The van der Waals surface area contributed by atoms with Gasteiger partial charge in [-0.2, -0.15) is 0 Å². The van der Waals surface area contributed by atoms with Crippen LogP contribution in [0.4, 0.5) is 0 Å². The Kier molecular flexibility index (Phi) is 3.82. The van der Waals surface area contributed by atoms with Gasteiger partial charge >= 0.3 is 0 Å². The topological polar surface area (TPSA) is 24.1 Å². The Bertz CT molecular complexity index is 164. The van der Waals surface area contributed by atoms with Crippen molar-refractivity contribution in [3.05, 3.63) is 0 Å². The first-order chi connectivity index (χ1) is 6.92. The molecule has 0 bridgehead atoms. The van der Waals surface area contributed by atoms with E-state index in [0.717, 1.165) is 17.8 Å². The molecule has 2 nitrogen and oxygen atoms in total. The summed E-state index contributed by atoms with van der Waals surface area (Å²) in [6.07, 6.45) is 7.42. The highest BCUT2D eigenvalue weighted by Gasteiger charge is 2.33. The Morgan fingerprint density at radius 2 is 1.93 bits per heavy atom. The van der Waals surface area contributed by atoms with Crippen molar-refractivity contribution in [2.75, 3.05) is 26.7 Å². The van der Waals surface area contributed by atoms with Crippen molar-refractivity contribution >= 4 is 0 Å². The smallest absolute Gasteiger partial charge is 0.000502 e. The summed E-state index contributed by atoms with van der Waals surface area (Å²) >= 11 is 0. The van der Waals surface area contributed by atoms with E-state index in [1.165, 1.54) is 51.7 Å². The highest BCUT2D eigenvalue weighted by molar-refractivity contribution is 4.87. The molecule has 82 valence electrons. The summed E-state index contributed by atoms with van der Waals surface area (Å²) < 4.78 is 0. The van der Waals surface area contributed by atoms with Gasteiger partial charge in [-0.1, -0.05) is 32.1 Å². The molecule has 0 amide bonds. The van der Waals surface area contributed by atoms with Crippen molar-refractivity contribution in [3.63, 3.8) is 0 Å². The molecule has 2 aliphatic rings. The molecular formula is C12H24N2. The second-order valence-corrected chi connectivity index (χ2v) is 5.04. The van der Waals surface area contributed by atoms with Crippen LogP contribution in [0.5, 0.6) is 0 Å². The molecule has 0 aromatic rings. The molecule has 14 heavy (non-hydrogen) atoms. The van der Waals surface area contributed by atoms with E-state index in [1.54, 1.807) is 0 Å². The van der Waals surface area contributed by atoms with Crippen molar-refractivity contribution in [2.45, 2.75) is 32.1 Å². The zero-order valence-corrected chi connectivity index (χ0v) is 9.39. The normalized spacial score (nSPS) is 34.9. The lowest BCUT2D eigenvalue weighted by atomic mass is 9.75. The van der Waals surface area contributed by atoms with Crippen molar-refractivity contribution < 1.29 is 0 Å². The van der Waals surface area contributed by atoms with Crippen LogP contribution in [0.3, 0.4) is 0 Å². The van der Waals surface area contributed by atoms with Crippen LogP contribution in [0.15, 0.2) is 0 Å². The molecule has 1 aliphatic carbocycles. The van der Waals surface area contributed by atoms with Gasteiger partial charge in [0.05, 0.1) is 0 Å². The first-order valence-electron chi connectivity index (χ1n) is 6.27. The minimum atomic E-state index is 0.892. The van der Waals surface area contributed by atoms with Gasteiger partial charge in [0.2, 0.25) is 0 Å². The van der Waals surface area contributed by atoms with E-state index in [-0.39, 0.29) is 0 Å². The third-order valence-corrected chi connectivity index (χ3v) is 4.11. The van der Waals surface area contributed by atoms with Crippen LogP contribution in [-0.2, 0) is 0 Å². The number of hydrogen-bond donors (Lipinski definition) is 2. The van der Waals surface area contributed by atoms with E-state index in [2.05, 4.69) is 17.7 Å². The third-order valence-electron chi connectivity index (χ3n) is 4.11. The lowest BCUT2D eigenvalue weighted by molar-refractivity contribution is 0.215. The quantitative estimate of drug-likeness (QED) is 0.717. The van der Waals surface area contributed by atoms with E-state index in [1.807, 2.05) is 0 Å². The van der Waals surface area contributed by atoms with Crippen LogP contribution >= 0.6 is 0 Å². The van der Waals surface area contributed by atoms with Gasteiger partial charge in [-0.25, -0.2) is 0 Å². The fourth-order valence-electron chi connectivity index (χ4n) is 3.35. The van der Waals surface area contributed by atoms with E-state index in [9.17, 15) is 0 Å². The van der Waals surface area contributed by atoms with Gasteiger partial charge in [-0.05, 0) is 44.4 Å². The zero-order chi connectivity index (χ0) is 9.80. The molecule has 2 heteroatoms. The van der Waals surface area contributed by atoms with Gasteiger partial charge in [-0.3, -0.25) is 0 Å². The molecule has 2 rings (SSSR count). The van der Waals surface area contributed by atoms with Gasteiger partial charge in [0.25, 0.3) is 0 Å². The van der Waals surface area contributed by atoms with E-state index >= 15 is 0 Å². The SMILES string of the molecule is CNCC1CNCC1C1CCCCC1. The van der Waals surface area contributed by atoms with E-state index < -0.39 is 0 Å². The van der Waals surface area contributed by atoms with Crippen molar-refractivity contribution in [1.29, 1.82) is 0 Å². The van der Waals surface area contributed by atoms with Crippen molar-refractivity contribution in [1.82, 2.24) is 10.6 Å². The molecule has 2 fully saturated rings. The van der Waals surface area contributed by atoms with Gasteiger partial charge < -0.3 is 10.6 Å². The van der Waals surface area contributed by atoms with Crippen LogP contribution < -0.4 is 10.6 Å². The highest BCUT2D eigenvalue weighted by atomic mass is 14.9. The molecule has 0 aromatic carbocycles. The van der Waals surface area contributed by atoms with Crippen LogP contribution in [-0.4, -0.2) is 26.7 Å². The fourth-order valence-corrected chi connectivity index (χ4v) is 3.35. The maximum Gasteiger partial charge on any atom is -0.000502 e. The largest absolute Gasteiger partial charge is 0.319 e. The standard InChI is InChI=1S/C12H24N2/c1-13-7-11-8-14-9-12(11)10-5-3-2-4-6-10/h10-14H,2-9H2,1H3. The van der Waals surface area contributed by atoms with Crippen LogP contribution in [0.1, 0.15) is 32.1 Å². The second kappa shape index (κ2) is 5.13. The molecule has 1 heterocycles. The summed E-state index contributed by atoms with van der Waals surface area (Å²) in [5, 5.41) is 6.90. The summed E-state index contributed by atoms with van der Waals surface area (Å²) in [6, 6.07) is 0. The maximum absolute atomic E-state index is 3.56. The molecule has 1 aliphatic heterocycles. The average Bonchev–Trinajstić information content (AvgIpc) is 2.68. The van der Waals surface area contributed by atoms with Gasteiger partial charge in [-0.15, -0.1) is 0 Å². The summed E-state index contributed by atoms with van der Waals surface area (Å²) in [5.74, 6) is 2.88. The zero-order valence-electron chi connectivity index (χ0n) is 9.39. The first-order valence-corrected chi connectivity index (χ1v) is 6.27. The number of nitrogens with one attached hydrogen (secondary N) is 2. The Hall–Kier alpha value is -0.0800. The molecule has 0 spiro atoms. The molecule has 0 aromatic heterocycles. The third kappa shape index (κ3) is 2.29. The lowest BCUT2D eigenvalue weighted by Gasteiger charge is -2.30. The van der Waals surface area contributed by atoms with Crippen molar-refractivity contribution in [3.8, 4) is 0 Å². The predicted molar refractivity (Wildman–Crippen MR) is 60.4 cm³/mol. The predicted octanol–water partition coefficient (Wildman–Crippen LogP) is 1.62. The van der Waals surface area contributed by atoms with Gasteiger partial charge in [0, 0.05) is 0 Å². The molecule has 2 atom stereocenters. The molecule has 1 saturated heterocycles. The van der Waals surface area contributed by atoms with Crippen LogP contribution in [0.2, 0.25) is 0 Å². The Balaban J connectivity index is 1.87. The minimum absolute atomic E-state index is 0.892. The van der Waals surface area contributed by atoms with E-state index in [0.29, 0.717) is 0 Å². The van der Waals surface area contributed by atoms with Crippen LogP contribution in [0, 0.1) is 17.8 Å².